The van der Waals surface area contributed by atoms with Gasteiger partial charge in [0.05, 0.1) is 17.3 Å². The summed E-state index contributed by atoms with van der Waals surface area (Å²) in [6.45, 7) is 3.30. The summed E-state index contributed by atoms with van der Waals surface area (Å²) in [5.74, 6) is 0.742. The molecule has 0 spiro atoms. The first-order valence-corrected chi connectivity index (χ1v) is 7.34. The summed E-state index contributed by atoms with van der Waals surface area (Å²) < 4.78 is 38.9. The number of benzene rings is 1. The Hall–Kier alpha value is -2.35. The van der Waals surface area contributed by atoms with Gasteiger partial charge < -0.3 is 10.2 Å². The standard InChI is InChI=1S/C15H14F3N5/c16-15(17,18)9-1-2-12-10(7-9)11-8-20-22-13(11)14(21-12)23-5-3-19-4-6-23/h1-2,7-8,19H,3-6H2,(H,20,22). The van der Waals surface area contributed by atoms with E-state index in [-0.39, 0.29) is 0 Å². The van der Waals surface area contributed by atoms with Crippen LogP contribution < -0.4 is 10.2 Å². The van der Waals surface area contributed by atoms with Crippen LogP contribution in [-0.2, 0) is 6.18 Å². The third-order valence-corrected chi connectivity index (χ3v) is 4.12. The molecule has 1 fully saturated rings. The minimum atomic E-state index is -4.37. The van der Waals surface area contributed by atoms with Crippen molar-refractivity contribution in [2.24, 2.45) is 0 Å². The second-order valence-corrected chi connectivity index (χ2v) is 5.56. The Morgan fingerprint density at radius 2 is 1.87 bits per heavy atom. The Morgan fingerprint density at radius 1 is 1.09 bits per heavy atom. The molecule has 120 valence electrons. The highest BCUT2D eigenvalue weighted by atomic mass is 19.4. The number of piperazine rings is 1. The number of H-pyrrole nitrogens is 1. The van der Waals surface area contributed by atoms with Crippen LogP contribution in [0.25, 0.3) is 21.8 Å². The van der Waals surface area contributed by atoms with Gasteiger partial charge in [-0.15, -0.1) is 0 Å². The van der Waals surface area contributed by atoms with Gasteiger partial charge in [-0.1, -0.05) is 0 Å². The minimum Gasteiger partial charge on any atom is -0.352 e. The fourth-order valence-electron chi connectivity index (χ4n) is 2.96. The van der Waals surface area contributed by atoms with Gasteiger partial charge in [0.25, 0.3) is 0 Å². The molecule has 0 unspecified atom stereocenters. The zero-order valence-electron chi connectivity index (χ0n) is 12.1. The average molecular weight is 321 g/mol. The maximum Gasteiger partial charge on any atom is 0.416 e. The van der Waals surface area contributed by atoms with E-state index in [1.165, 1.54) is 6.07 Å². The molecule has 1 saturated heterocycles. The van der Waals surface area contributed by atoms with E-state index in [4.69, 9.17) is 0 Å². The molecule has 1 aliphatic heterocycles. The van der Waals surface area contributed by atoms with Crippen molar-refractivity contribution in [2.75, 3.05) is 31.1 Å². The van der Waals surface area contributed by atoms with Gasteiger partial charge in [-0.2, -0.15) is 18.3 Å². The van der Waals surface area contributed by atoms with Gasteiger partial charge in [-0.3, -0.25) is 5.10 Å². The van der Waals surface area contributed by atoms with E-state index >= 15 is 0 Å². The average Bonchev–Trinajstić information content (AvgIpc) is 3.03. The van der Waals surface area contributed by atoms with E-state index in [9.17, 15) is 13.2 Å². The Morgan fingerprint density at radius 3 is 2.61 bits per heavy atom. The molecule has 8 heteroatoms. The molecule has 3 aromatic rings. The van der Waals surface area contributed by atoms with E-state index in [1.54, 1.807) is 6.20 Å². The van der Waals surface area contributed by atoms with Gasteiger partial charge in [-0.25, -0.2) is 4.98 Å². The number of anilines is 1. The summed E-state index contributed by atoms with van der Waals surface area (Å²) in [6.07, 6.45) is -2.81. The van der Waals surface area contributed by atoms with Crippen LogP contribution in [-0.4, -0.2) is 41.4 Å². The SMILES string of the molecule is FC(F)(F)c1ccc2nc(N3CCNCC3)c3[nH]ncc3c2c1. The molecule has 5 nitrogen and oxygen atoms in total. The lowest BCUT2D eigenvalue weighted by Gasteiger charge is -2.29. The summed E-state index contributed by atoms with van der Waals surface area (Å²) in [6, 6.07) is 3.64. The summed E-state index contributed by atoms with van der Waals surface area (Å²) in [5, 5.41) is 11.3. The summed E-state index contributed by atoms with van der Waals surface area (Å²) in [4.78, 5) is 6.70. The predicted molar refractivity (Wildman–Crippen MR) is 81.5 cm³/mol. The third kappa shape index (κ3) is 2.39. The first-order valence-electron chi connectivity index (χ1n) is 7.34. The predicted octanol–water partition coefficient (Wildman–Crippen LogP) is 2.54. The number of aromatic nitrogens is 3. The van der Waals surface area contributed by atoms with Crippen LogP contribution in [0.3, 0.4) is 0 Å². The number of fused-ring (bicyclic) bond motifs is 3. The van der Waals surface area contributed by atoms with Crippen molar-refractivity contribution in [1.82, 2.24) is 20.5 Å². The topological polar surface area (TPSA) is 56.8 Å². The van der Waals surface area contributed by atoms with E-state index in [1.807, 2.05) is 0 Å². The first kappa shape index (κ1) is 14.3. The summed E-state index contributed by atoms with van der Waals surface area (Å²) >= 11 is 0. The molecule has 23 heavy (non-hydrogen) atoms. The number of hydrogen-bond donors (Lipinski definition) is 2. The monoisotopic (exact) mass is 321 g/mol. The Bertz CT molecular complexity index is 865. The molecule has 2 N–H and O–H groups in total. The fraction of sp³-hybridized carbons (Fsp3) is 0.333. The first-order chi connectivity index (χ1) is 11.0. The Labute approximate surface area is 129 Å². The number of halogens is 3. The zero-order chi connectivity index (χ0) is 16.0. The van der Waals surface area contributed by atoms with E-state index in [0.717, 1.165) is 44.1 Å². The van der Waals surface area contributed by atoms with Crippen LogP contribution in [0.1, 0.15) is 5.56 Å². The van der Waals surface area contributed by atoms with Crippen molar-refractivity contribution in [1.29, 1.82) is 0 Å². The van der Waals surface area contributed by atoms with Crippen molar-refractivity contribution in [2.45, 2.75) is 6.18 Å². The van der Waals surface area contributed by atoms with Crippen molar-refractivity contribution in [3.05, 3.63) is 30.0 Å². The number of nitrogens with one attached hydrogen (secondary N) is 2. The lowest BCUT2D eigenvalue weighted by atomic mass is 10.1. The van der Waals surface area contributed by atoms with Crippen LogP contribution in [0.2, 0.25) is 0 Å². The molecule has 0 bridgehead atoms. The number of hydrogen-bond acceptors (Lipinski definition) is 4. The Kier molecular flexibility index (Phi) is 3.15. The molecule has 0 amide bonds. The van der Waals surface area contributed by atoms with Gasteiger partial charge in [0.15, 0.2) is 5.82 Å². The minimum absolute atomic E-state index is 0.461. The molecule has 1 aliphatic rings. The smallest absolute Gasteiger partial charge is 0.352 e. The molecule has 0 aliphatic carbocycles. The van der Waals surface area contributed by atoms with Crippen LogP contribution in [0.15, 0.2) is 24.4 Å². The maximum absolute atomic E-state index is 13.0. The number of alkyl halides is 3. The largest absolute Gasteiger partial charge is 0.416 e. The van der Waals surface area contributed by atoms with Crippen molar-refractivity contribution >= 4 is 27.6 Å². The molecular formula is C15H14F3N5. The van der Waals surface area contributed by atoms with E-state index < -0.39 is 11.7 Å². The van der Waals surface area contributed by atoms with Crippen LogP contribution in [0, 0.1) is 0 Å². The quantitative estimate of drug-likeness (QED) is 0.723. The lowest BCUT2D eigenvalue weighted by molar-refractivity contribution is -0.137. The molecule has 0 radical (unpaired) electrons. The van der Waals surface area contributed by atoms with Gasteiger partial charge in [0.1, 0.15) is 5.52 Å². The van der Waals surface area contributed by atoms with Gasteiger partial charge >= 0.3 is 6.18 Å². The third-order valence-electron chi connectivity index (χ3n) is 4.12. The van der Waals surface area contributed by atoms with Crippen molar-refractivity contribution in [3.63, 3.8) is 0 Å². The zero-order valence-corrected chi connectivity index (χ0v) is 12.1. The number of pyridine rings is 1. The normalized spacial score (nSPS) is 16.4. The molecule has 3 heterocycles. The number of nitrogens with zero attached hydrogens (tertiary/aromatic N) is 3. The molecule has 0 atom stereocenters. The maximum atomic E-state index is 13.0. The summed E-state index contributed by atoms with van der Waals surface area (Å²) in [5.41, 5.74) is 0.545. The highest BCUT2D eigenvalue weighted by Gasteiger charge is 2.31. The van der Waals surface area contributed by atoms with Crippen LogP contribution >= 0.6 is 0 Å². The van der Waals surface area contributed by atoms with Crippen molar-refractivity contribution < 1.29 is 13.2 Å². The molecule has 2 aromatic heterocycles. The van der Waals surface area contributed by atoms with Gasteiger partial charge in [0, 0.05) is 37.0 Å². The second kappa shape index (κ2) is 5.09. The van der Waals surface area contributed by atoms with E-state index in [2.05, 4.69) is 25.4 Å². The molecule has 0 saturated carbocycles. The fourth-order valence-corrected chi connectivity index (χ4v) is 2.96. The van der Waals surface area contributed by atoms with E-state index in [0.29, 0.717) is 21.8 Å². The van der Waals surface area contributed by atoms with Gasteiger partial charge in [0.2, 0.25) is 0 Å². The molecular weight excluding hydrogens is 307 g/mol. The van der Waals surface area contributed by atoms with Crippen molar-refractivity contribution in [3.8, 4) is 0 Å². The summed E-state index contributed by atoms with van der Waals surface area (Å²) in [7, 11) is 0. The van der Waals surface area contributed by atoms with Gasteiger partial charge in [-0.05, 0) is 18.2 Å². The van der Waals surface area contributed by atoms with Crippen LogP contribution in [0.5, 0.6) is 0 Å². The molecule has 4 rings (SSSR count). The number of rotatable bonds is 1. The number of aromatic amines is 1. The molecule has 1 aromatic carbocycles. The van der Waals surface area contributed by atoms with Crippen LogP contribution in [0.4, 0.5) is 19.0 Å². The highest BCUT2D eigenvalue weighted by molar-refractivity contribution is 6.08. The lowest BCUT2D eigenvalue weighted by Crippen LogP contribution is -2.44. The Balaban J connectivity index is 1.94. The second-order valence-electron chi connectivity index (χ2n) is 5.56. The highest BCUT2D eigenvalue weighted by Crippen LogP contribution is 2.35.